The summed E-state index contributed by atoms with van der Waals surface area (Å²) in [6.07, 6.45) is 7.91. The molecule has 31 heavy (non-hydrogen) atoms. The minimum Gasteiger partial charge on any atom is -0.367 e. The predicted molar refractivity (Wildman–Crippen MR) is 120 cm³/mol. The average molecular weight is 486 g/mol. The van der Waals surface area contributed by atoms with Gasteiger partial charge in [-0.2, -0.15) is 5.26 Å². The zero-order valence-electron chi connectivity index (χ0n) is 18.0. The minimum absolute atomic E-state index is 0.266. The summed E-state index contributed by atoms with van der Waals surface area (Å²) in [5.74, 6) is 2.14. The maximum absolute atomic E-state index is 13.5. The van der Waals surface area contributed by atoms with Gasteiger partial charge in [-0.25, -0.2) is 9.37 Å². The number of aromatic nitrogens is 2. The summed E-state index contributed by atoms with van der Waals surface area (Å²) in [6.45, 7) is 3.79. The summed E-state index contributed by atoms with van der Waals surface area (Å²) in [7, 11) is 0. The summed E-state index contributed by atoms with van der Waals surface area (Å²) in [6, 6.07) is 9.04. The van der Waals surface area contributed by atoms with E-state index in [1.807, 2.05) is 6.92 Å². The number of ether oxygens (including phenoxy) is 1. The molecule has 1 aromatic carbocycles. The number of nitriles is 1. The van der Waals surface area contributed by atoms with Crippen LogP contribution >= 0.6 is 15.9 Å². The number of imidazole rings is 1. The van der Waals surface area contributed by atoms with Crippen molar-refractivity contribution < 1.29 is 9.13 Å². The topological polar surface area (TPSA) is 50.8 Å². The fraction of sp³-hybridized carbons (Fsp3) is 0.600. The molecule has 3 aliphatic rings. The molecule has 164 valence electrons. The van der Waals surface area contributed by atoms with Gasteiger partial charge in [0.25, 0.3) is 0 Å². The number of hydrogen-bond acceptors (Lipinski definition) is 3. The summed E-state index contributed by atoms with van der Waals surface area (Å²) in [5.41, 5.74) is 0.848. The third-order valence-electron chi connectivity index (χ3n) is 7.42. The molecule has 1 aromatic heterocycles. The van der Waals surface area contributed by atoms with Gasteiger partial charge in [0.2, 0.25) is 0 Å². The van der Waals surface area contributed by atoms with Crippen molar-refractivity contribution in [3.8, 4) is 6.07 Å². The van der Waals surface area contributed by atoms with E-state index in [1.165, 1.54) is 37.8 Å². The van der Waals surface area contributed by atoms with Crippen molar-refractivity contribution in [3.63, 3.8) is 0 Å². The van der Waals surface area contributed by atoms with Crippen LogP contribution in [0.4, 0.5) is 4.39 Å². The highest BCUT2D eigenvalue weighted by Gasteiger charge is 2.49. The Morgan fingerprint density at radius 3 is 2.35 bits per heavy atom. The van der Waals surface area contributed by atoms with Gasteiger partial charge in [-0.1, -0.05) is 12.1 Å². The van der Waals surface area contributed by atoms with Gasteiger partial charge >= 0.3 is 0 Å². The molecule has 6 heteroatoms. The fourth-order valence-electron chi connectivity index (χ4n) is 4.94. The zero-order chi connectivity index (χ0) is 21.6. The lowest BCUT2D eigenvalue weighted by Gasteiger charge is -2.43. The van der Waals surface area contributed by atoms with E-state index in [1.54, 1.807) is 12.1 Å². The SMILES string of the molecule is Cc1nc([C@]2(OCC3CC3)CC[C@](C#N)(c3ccc(F)cc3)CC2)n(CC2CC2)c1Br. The Hall–Kier alpha value is -1.71. The highest BCUT2D eigenvalue weighted by molar-refractivity contribution is 9.10. The molecule has 0 amide bonds. The van der Waals surface area contributed by atoms with Crippen LogP contribution in [0.25, 0.3) is 0 Å². The lowest BCUT2D eigenvalue weighted by Crippen LogP contribution is -2.43. The quantitative estimate of drug-likeness (QED) is 0.471. The van der Waals surface area contributed by atoms with Gasteiger partial charge in [-0.3, -0.25) is 0 Å². The largest absolute Gasteiger partial charge is 0.367 e. The maximum atomic E-state index is 13.5. The Morgan fingerprint density at radius 2 is 1.77 bits per heavy atom. The van der Waals surface area contributed by atoms with Gasteiger partial charge in [0.05, 0.1) is 23.8 Å². The molecule has 3 saturated carbocycles. The van der Waals surface area contributed by atoms with Crippen molar-refractivity contribution in [2.45, 2.75) is 75.9 Å². The molecular formula is C25H29BrFN3O. The monoisotopic (exact) mass is 485 g/mol. The van der Waals surface area contributed by atoms with E-state index in [-0.39, 0.29) is 5.82 Å². The minimum atomic E-state index is -0.597. The standard InChI is InChI=1S/C25H29BrFN3O/c1-17-22(26)30(14-18-2-3-18)23(29-17)25(31-15-19-4-5-19)12-10-24(16-28,11-13-25)20-6-8-21(27)9-7-20/h6-9,18-19H,2-5,10-15H2,1H3/t24-,25-. The second-order valence-corrected chi connectivity index (χ2v) is 10.6. The predicted octanol–water partition coefficient (Wildman–Crippen LogP) is 6.16. The number of halogens is 2. The van der Waals surface area contributed by atoms with E-state index in [0.29, 0.717) is 18.8 Å². The van der Waals surface area contributed by atoms with Gasteiger partial charge in [0.1, 0.15) is 21.8 Å². The first-order valence-electron chi connectivity index (χ1n) is 11.5. The summed E-state index contributed by atoms with van der Waals surface area (Å²) in [4.78, 5) is 5.00. The first kappa shape index (κ1) is 21.2. The summed E-state index contributed by atoms with van der Waals surface area (Å²) in [5, 5.41) is 10.2. The van der Waals surface area contributed by atoms with Crippen LogP contribution in [-0.2, 0) is 22.3 Å². The first-order chi connectivity index (χ1) is 14.9. The number of nitrogens with zero attached hydrogens (tertiary/aromatic N) is 3. The molecule has 0 aliphatic heterocycles. The molecular weight excluding hydrogens is 457 g/mol. The lowest BCUT2D eigenvalue weighted by atomic mass is 9.65. The normalized spacial score (nSPS) is 28.5. The Kier molecular flexibility index (Phi) is 5.46. The number of hydrogen-bond donors (Lipinski definition) is 0. The van der Waals surface area contributed by atoms with Gasteiger partial charge in [0, 0.05) is 6.54 Å². The van der Waals surface area contributed by atoms with Crippen molar-refractivity contribution in [1.82, 2.24) is 9.55 Å². The van der Waals surface area contributed by atoms with E-state index < -0.39 is 11.0 Å². The van der Waals surface area contributed by atoms with Crippen molar-refractivity contribution in [1.29, 1.82) is 5.26 Å². The van der Waals surface area contributed by atoms with E-state index >= 15 is 0 Å². The molecule has 2 aromatic rings. The molecule has 0 radical (unpaired) electrons. The van der Waals surface area contributed by atoms with Crippen molar-refractivity contribution in [2.24, 2.45) is 11.8 Å². The third-order valence-corrected chi connectivity index (χ3v) is 8.43. The molecule has 3 aliphatic carbocycles. The Labute approximate surface area is 191 Å². The molecule has 3 fully saturated rings. The lowest BCUT2D eigenvalue weighted by molar-refractivity contribution is -0.0961. The Bertz CT molecular complexity index is 993. The van der Waals surface area contributed by atoms with E-state index in [4.69, 9.17) is 9.72 Å². The number of aryl methyl sites for hydroxylation is 1. The van der Waals surface area contributed by atoms with E-state index in [0.717, 1.165) is 53.6 Å². The number of benzene rings is 1. The highest BCUT2D eigenvalue weighted by atomic mass is 79.9. The van der Waals surface area contributed by atoms with Crippen LogP contribution in [-0.4, -0.2) is 16.2 Å². The van der Waals surface area contributed by atoms with Crippen LogP contribution in [0.1, 0.15) is 68.4 Å². The molecule has 5 rings (SSSR count). The highest BCUT2D eigenvalue weighted by Crippen LogP contribution is 2.50. The molecule has 0 saturated heterocycles. The van der Waals surface area contributed by atoms with Crippen LogP contribution in [0.3, 0.4) is 0 Å². The maximum Gasteiger partial charge on any atom is 0.142 e. The van der Waals surface area contributed by atoms with Gasteiger partial charge in [-0.15, -0.1) is 0 Å². The molecule has 1 heterocycles. The zero-order valence-corrected chi connectivity index (χ0v) is 19.6. The van der Waals surface area contributed by atoms with Crippen LogP contribution in [0.15, 0.2) is 28.9 Å². The fourth-order valence-corrected chi connectivity index (χ4v) is 5.34. The smallest absolute Gasteiger partial charge is 0.142 e. The Morgan fingerprint density at radius 1 is 1.13 bits per heavy atom. The van der Waals surface area contributed by atoms with E-state index in [2.05, 4.69) is 26.6 Å². The van der Waals surface area contributed by atoms with Crippen LogP contribution in [0.2, 0.25) is 0 Å². The van der Waals surface area contributed by atoms with Gasteiger partial charge < -0.3 is 9.30 Å². The number of rotatable bonds is 7. The van der Waals surface area contributed by atoms with Crippen molar-refractivity contribution >= 4 is 15.9 Å². The molecule has 0 bridgehead atoms. The molecule has 0 atom stereocenters. The molecule has 0 N–H and O–H groups in total. The van der Waals surface area contributed by atoms with E-state index in [9.17, 15) is 9.65 Å². The molecule has 0 unspecified atom stereocenters. The van der Waals surface area contributed by atoms with Crippen LogP contribution < -0.4 is 0 Å². The second-order valence-electron chi connectivity index (χ2n) is 9.82. The Balaban J connectivity index is 1.47. The van der Waals surface area contributed by atoms with Crippen LogP contribution in [0.5, 0.6) is 0 Å². The van der Waals surface area contributed by atoms with Crippen molar-refractivity contribution in [2.75, 3.05) is 6.61 Å². The third kappa shape index (κ3) is 4.07. The average Bonchev–Trinajstić information content (AvgIpc) is 3.70. The summed E-state index contributed by atoms with van der Waals surface area (Å²) >= 11 is 3.78. The summed E-state index contributed by atoms with van der Waals surface area (Å²) < 4.78 is 23.6. The van der Waals surface area contributed by atoms with Gasteiger partial charge in [0.15, 0.2) is 0 Å². The van der Waals surface area contributed by atoms with Crippen molar-refractivity contribution in [3.05, 3.63) is 51.8 Å². The first-order valence-corrected chi connectivity index (χ1v) is 12.3. The van der Waals surface area contributed by atoms with Crippen LogP contribution in [0, 0.1) is 35.9 Å². The molecule has 0 spiro atoms. The van der Waals surface area contributed by atoms with Gasteiger partial charge in [-0.05, 0) is 104 Å². The molecule has 4 nitrogen and oxygen atoms in total. The second kappa shape index (κ2) is 8.01.